The molecule has 1 fully saturated rings. The first-order valence-corrected chi connectivity index (χ1v) is 7.54. The Morgan fingerprint density at radius 2 is 2.32 bits per heavy atom. The number of nitrogens with two attached hydrogens (primary N) is 3. The lowest BCUT2D eigenvalue weighted by Crippen LogP contribution is -2.69. The number of amides is 1. The number of allylic oxidation sites excluding steroid dienone is 2. The Kier molecular flexibility index (Phi) is 4.94. The van der Waals surface area contributed by atoms with Crippen LogP contribution in [-0.2, 0) is 4.79 Å². The fourth-order valence-electron chi connectivity index (χ4n) is 2.69. The second-order valence-corrected chi connectivity index (χ2v) is 5.96. The summed E-state index contributed by atoms with van der Waals surface area (Å²) >= 11 is 0. The zero-order valence-electron chi connectivity index (χ0n) is 13.3. The number of rotatable bonds is 5. The normalized spacial score (nSPS) is 28.2. The van der Waals surface area contributed by atoms with Gasteiger partial charge in [0.2, 0.25) is 5.91 Å². The Bertz CT molecular complexity index is 490. The largest absolute Gasteiger partial charge is 0.398 e. The number of nitrogens with zero attached hydrogens (tertiary/aromatic N) is 2. The summed E-state index contributed by atoms with van der Waals surface area (Å²) < 4.78 is 0. The summed E-state index contributed by atoms with van der Waals surface area (Å²) in [5.74, 6) is -0.114. The molecule has 8 heteroatoms. The van der Waals surface area contributed by atoms with Gasteiger partial charge in [-0.2, -0.15) is 0 Å². The van der Waals surface area contributed by atoms with Crippen LogP contribution in [0.1, 0.15) is 13.3 Å². The minimum absolute atomic E-state index is 0.0637. The van der Waals surface area contributed by atoms with Crippen molar-refractivity contribution in [1.82, 2.24) is 20.4 Å². The molecule has 2 atom stereocenters. The van der Waals surface area contributed by atoms with Crippen molar-refractivity contribution in [2.24, 2.45) is 17.2 Å². The molecule has 0 aromatic heterocycles. The van der Waals surface area contributed by atoms with Crippen LogP contribution in [0.4, 0.5) is 0 Å². The molecule has 0 spiro atoms. The molecule has 22 heavy (non-hydrogen) atoms. The molecule has 2 aliphatic heterocycles. The number of carbonyl (C=O) groups excluding carboxylic acids is 1. The number of hydrogen-bond donors (Lipinski definition) is 5. The Labute approximate surface area is 131 Å². The predicted octanol–water partition coefficient (Wildman–Crippen LogP) is -2.01. The average molecular weight is 309 g/mol. The molecule has 2 heterocycles. The lowest BCUT2D eigenvalue weighted by Gasteiger charge is -2.44. The highest BCUT2D eigenvalue weighted by Gasteiger charge is 2.37. The van der Waals surface area contributed by atoms with E-state index in [4.69, 9.17) is 17.2 Å². The predicted molar refractivity (Wildman–Crippen MR) is 85.9 cm³/mol. The molecule has 2 aliphatic rings. The van der Waals surface area contributed by atoms with Gasteiger partial charge in [0, 0.05) is 39.1 Å². The van der Waals surface area contributed by atoms with Crippen molar-refractivity contribution in [2.45, 2.75) is 25.2 Å². The van der Waals surface area contributed by atoms with Gasteiger partial charge in [0.15, 0.2) is 5.79 Å². The third kappa shape index (κ3) is 3.52. The number of likely N-dealkylation sites (tertiary alicyclic amines) is 1. The summed E-state index contributed by atoms with van der Waals surface area (Å²) in [5, 5.41) is 6.06. The van der Waals surface area contributed by atoms with Crippen molar-refractivity contribution in [1.29, 1.82) is 0 Å². The Balaban J connectivity index is 2.02. The van der Waals surface area contributed by atoms with E-state index in [2.05, 4.69) is 15.5 Å². The third-order valence-electron chi connectivity index (χ3n) is 4.17. The average Bonchev–Trinajstić information content (AvgIpc) is 2.88. The van der Waals surface area contributed by atoms with Crippen molar-refractivity contribution in [3.63, 3.8) is 0 Å². The highest BCUT2D eigenvalue weighted by atomic mass is 16.1. The van der Waals surface area contributed by atoms with Gasteiger partial charge >= 0.3 is 0 Å². The van der Waals surface area contributed by atoms with Gasteiger partial charge in [-0.15, -0.1) is 0 Å². The molecule has 2 rings (SSSR count). The minimum atomic E-state index is -0.977. The number of likely N-dealkylation sites (N-methyl/N-ethyl adjacent to an activating group) is 1. The lowest BCUT2D eigenvalue weighted by atomic mass is 10.1. The van der Waals surface area contributed by atoms with Crippen LogP contribution in [0.2, 0.25) is 0 Å². The van der Waals surface area contributed by atoms with Crippen LogP contribution in [0.25, 0.3) is 0 Å². The quantitative estimate of drug-likeness (QED) is 0.371. The van der Waals surface area contributed by atoms with Gasteiger partial charge in [0.05, 0.1) is 5.70 Å². The van der Waals surface area contributed by atoms with E-state index < -0.39 is 5.79 Å². The monoisotopic (exact) mass is 309 g/mol. The van der Waals surface area contributed by atoms with E-state index in [1.54, 1.807) is 0 Å². The zero-order valence-corrected chi connectivity index (χ0v) is 13.3. The summed E-state index contributed by atoms with van der Waals surface area (Å²) in [6.07, 6.45) is 4.72. The molecule has 0 saturated carbocycles. The van der Waals surface area contributed by atoms with E-state index in [1.165, 1.54) is 6.92 Å². The molecular formula is C14H27N7O. The summed E-state index contributed by atoms with van der Waals surface area (Å²) in [6.45, 7) is 4.28. The highest BCUT2D eigenvalue weighted by molar-refractivity contribution is 5.72. The molecule has 124 valence electrons. The van der Waals surface area contributed by atoms with E-state index in [-0.39, 0.29) is 11.9 Å². The zero-order chi connectivity index (χ0) is 16.3. The van der Waals surface area contributed by atoms with Crippen LogP contribution in [0, 0.1) is 0 Å². The van der Waals surface area contributed by atoms with Gasteiger partial charge in [-0.05, 0) is 25.6 Å². The fourth-order valence-corrected chi connectivity index (χ4v) is 2.69. The van der Waals surface area contributed by atoms with E-state index in [9.17, 15) is 4.79 Å². The van der Waals surface area contributed by atoms with Crippen LogP contribution in [0.5, 0.6) is 0 Å². The maximum Gasteiger partial charge on any atom is 0.216 e. The Hall–Kier alpha value is -1.77. The number of hydrogen-bond acceptors (Lipinski definition) is 7. The highest BCUT2D eigenvalue weighted by Crippen LogP contribution is 2.21. The van der Waals surface area contributed by atoms with Crippen molar-refractivity contribution >= 4 is 5.91 Å². The first-order chi connectivity index (χ1) is 10.3. The maximum absolute atomic E-state index is 11.0. The van der Waals surface area contributed by atoms with Gasteiger partial charge in [-0.25, -0.2) is 0 Å². The molecule has 2 unspecified atom stereocenters. The SMILES string of the molecule is CC(=O)NCCN(C)C1(N)NC(N2CCC(N)C2)=CC=C1N. The van der Waals surface area contributed by atoms with E-state index >= 15 is 0 Å². The van der Waals surface area contributed by atoms with Gasteiger partial charge < -0.3 is 27.0 Å². The second kappa shape index (κ2) is 6.55. The third-order valence-corrected chi connectivity index (χ3v) is 4.17. The maximum atomic E-state index is 11.0. The van der Waals surface area contributed by atoms with Crippen molar-refractivity contribution < 1.29 is 4.79 Å². The minimum Gasteiger partial charge on any atom is -0.398 e. The molecule has 0 aromatic rings. The Morgan fingerprint density at radius 1 is 1.59 bits per heavy atom. The first-order valence-electron chi connectivity index (χ1n) is 7.54. The van der Waals surface area contributed by atoms with Crippen LogP contribution in [0.3, 0.4) is 0 Å². The van der Waals surface area contributed by atoms with Crippen molar-refractivity contribution in [2.75, 3.05) is 33.2 Å². The number of nitrogens with one attached hydrogen (secondary N) is 2. The molecular weight excluding hydrogens is 282 g/mol. The molecule has 0 aliphatic carbocycles. The molecule has 1 saturated heterocycles. The smallest absolute Gasteiger partial charge is 0.216 e. The van der Waals surface area contributed by atoms with Gasteiger partial charge in [-0.1, -0.05) is 0 Å². The van der Waals surface area contributed by atoms with Crippen molar-refractivity contribution in [3.8, 4) is 0 Å². The van der Waals surface area contributed by atoms with E-state index in [1.807, 2.05) is 24.1 Å². The van der Waals surface area contributed by atoms with Crippen LogP contribution < -0.4 is 27.8 Å². The summed E-state index contributed by atoms with van der Waals surface area (Å²) in [4.78, 5) is 15.0. The van der Waals surface area contributed by atoms with Gasteiger partial charge in [0.1, 0.15) is 5.82 Å². The first kappa shape index (κ1) is 16.6. The molecule has 8 nitrogen and oxygen atoms in total. The molecule has 1 amide bonds. The van der Waals surface area contributed by atoms with Crippen LogP contribution in [-0.4, -0.2) is 60.8 Å². The molecule has 0 radical (unpaired) electrons. The van der Waals surface area contributed by atoms with E-state index in [0.717, 1.165) is 25.3 Å². The van der Waals surface area contributed by atoms with E-state index in [0.29, 0.717) is 18.8 Å². The Morgan fingerprint density at radius 3 is 2.91 bits per heavy atom. The summed E-state index contributed by atoms with van der Waals surface area (Å²) in [5.41, 5.74) is 19.1. The molecule has 0 bridgehead atoms. The molecule has 8 N–H and O–H groups in total. The molecule has 0 aromatic carbocycles. The topological polar surface area (TPSA) is 126 Å². The van der Waals surface area contributed by atoms with Gasteiger partial charge in [-0.3, -0.25) is 15.4 Å². The van der Waals surface area contributed by atoms with Crippen molar-refractivity contribution in [3.05, 3.63) is 23.7 Å². The number of dihydropyridines is 1. The van der Waals surface area contributed by atoms with Gasteiger partial charge in [0.25, 0.3) is 0 Å². The fraction of sp³-hybridized carbons (Fsp3) is 0.643. The van der Waals surface area contributed by atoms with Crippen LogP contribution in [0.15, 0.2) is 23.7 Å². The second-order valence-electron chi connectivity index (χ2n) is 5.96. The lowest BCUT2D eigenvalue weighted by molar-refractivity contribution is -0.119. The summed E-state index contributed by atoms with van der Waals surface area (Å²) in [6, 6.07) is 0.190. The standard InChI is InChI=1S/C14H27N7O/c1-10(22)18-6-8-20(2)14(17)12(16)3-4-13(19-14)21-7-5-11(15)9-21/h3-4,11,19H,5-9,15-17H2,1-2H3,(H,18,22). The van der Waals surface area contributed by atoms with Crippen LogP contribution >= 0.6 is 0 Å². The summed E-state index contributed by atoms with van der Waals surface area (Å²) in [7, 11) is 1.87. The number of carbonyl (C=O) groups is 1.